The van der Waals surface area contributed by atoms with Crippen LogP contribution in [0.5, 0.6) is 5.75 Å². The van der Waals surface area contributed by atoms with E-state index in [2.05, 4.69) is 15.5 Å². The Kier molecular flexibility index (Phi) is 7.41. The molecule has 10 heteroatoms. The number of fused-ring (bicyclic) bond motifs is 1. The molecule has 2 aromatic carbocycles. The molecule has 0 aliphatic heterocycles. The molecule has 2 aromatic heterocycles. The minimum Gasteiger partial charge on any atom is -0.489 e. The van der Waals surface area contributed by atoms with Gasteiger partial charge in [0, 0.05) is 27.2 Å². The highest BCUT2D eigenvalue weighted by Gasteiger charge is 2.18. The number of anilines is 1. The van der Waals surface area contributed by atoms with Gasteiger partial charge in [-0.25, -0.2) is 10.2 Å². The number of imidazole rings is 1. The molecule has 0 bridgehead atoms. The summed E-state index contributed by atoms with van der Waals surface area (Å²) < 4.78 is 15.4. The maximum absolute atomic E-state index is 12.8. The molecule has 0 fully saturated rings. The van der Waals surface area contributed by atoms with Crippen LogP contribution in [0, 0.1) is 0 Å². The standard InChI is InChI=1S/C25H28N6O4/c1-4-34-15-14-31-21-22(29(2)25(33)30(3)23(21)32)27-24(31)28-26-16-18-10-12-20(13-11-18)35-17-19-8-6-5-7-9-19/h5-13,16H,4,14-15,17H2,1-3H3,(H,27,28)/b26-16-. The minimum absolute atomic E-state index is 0.284. The van der Waals surface area contributed by atoms with Gasteiger partial charge in [0.25, 0.3) is 5.56 Å². The summed E-state index contributed by atoms with van der Waals surface area (Å²) in [6.07, 6.45) is 1.64. The minimum atomic E-state index is -0.443. The van der Waals surface area contributed by atoms with Crippen LogP contribution in [0.1, 0.15) is 18.1 Å². The van der Waals surface area contributed by atoms with E-state index >= 15 is 0 Å². The number of benzene rings is 2. The molecule has 2 heterocycles. The molecule has 0 spiro atoms. The summed E-state index contributed by atoms with van der Waals surface area (Å²) >= 11 is 0. The van der Waals surface area contributed by atoms with Gasteiger partial charge >= 0.3 is 5.69 Å². The van der Waals surface area contributed by atoms with Crippen molar-refractivity contribution in [2.24, 2.45) is 19.2 Å². The number of hydrogen-bond donors (Lipinski definition) is 1. The molecule has 0 unspecified atom stereocenters. The molecule has 4 rings (SSSR count). The second-order valence-corrected chi connectivity index (χ2v) is 7.88. The fourth-order valence-electron chi connectivity index (χ4n) is 3.61. The fourth-order valence-corrected chi connectivity index (χ4v) is 3.61. The molecule has 0 radical (unpaired) electrons. The summed E-state index contributed by atoms with van der Waals surface area (Å²) in [5.41, 5.74) is 4.59. The van der Waals surface area contributed by atoms with Crippen LogP contribution in [0.4, 0.5) is 5.95 Å². The number of hydrazone groups is 1. The second-order valence-electron chi connectivity index (χ2n) is 7.88. The third kappa shape index (κ3) is 5.33. The predicted molar refractivity (Wildman–Crippen MR) is 135 cm³/mol. The largest absolute Gasteiger partial charge is 0.489 e. The lowest BCUT2D eigenvalue weighted by molar-refractivity contribution is 0.140. The SMILES string of the molecule is CCOCCn1c(N/N=C\c2ccc(OCc3ccccc3)cc2)nc2c1c(=O)n(C)c(=O)n2C. The van der Waals surface area contributed by atoms with E-state index in [0.29, 0.717) is 37.8 Å². The summed E-state index contributed by atoms with van der Waals surface area (Å²) in [5, 5.41) is 4.29. The van der Waals surface area contributed by atoms with Gasteiger partial charge < -0.3 is 14.0 Å². The lowest BCUT2D eigenvalue weighted by Gasteiger charge is -2.09. The van der Waals surface area contributed by atoms with Crippen LogP contribution in [0.25, 0.3) is 11.2 Å². The number of aromatic nitrogens is 4. The molecule has 0 aliphatic rings. The molecule has 1 N–H and O–H groups in total. The Bertz CT molecular complexity index is 1440. The Balaban J connectivity index is 1.51. The molecule has 0 saturated heterocycles. The maximum atomic E-state index is 12.8. The molecule has 0 saturated carbocycles. The topological polar surface area (TPSA) is 105 Å². The second kappa shape index (κ2) is 10.8. The van der Waals surface area contributed by atoms with Gasteiger partial charge in [-0.05, 0) is 42.3 Å². The van der Waals surface area contributed by atoms with Crippen LogP contribution in [-0.2, 0) is 32.0 Å². The molecular formula is C25H28N6O4. The molecule has 10 nitrogen and oxygen atoms in total. The Morgan fingerprint density at radius 2 is 1.77 bits per heavy atom. The summed E-state index contributed by atoms with van der Waals surface area (Å²) in [6.45, 7) is 3.71. The predicted octanol–water partition coefficient (Wildman–Crippen LogP) is 2.50. The average molecular weight is 477 g/mol. The van der Waals surface area contributed by atoms with Gasteiger partial charge in [-0.3, -0.25) is 13.9 Å². The van der Waals surface area contributed by atoms with Crippen LogP contribution < -0.4 is 21.4 Å². The highest BCUT2D eigenvalue weighted by atomic mass is 16.5. The van der Waals surface area contributed by atoms with Crippen molar-refractivity contribution in [1.29, 1.82) is 0 Å². The quantitative estimate of drug-likeness (QED) is 0.214. The first kappa shape index (κ1) is 24.0. The summed E-state index contributed by atoms with van der Waals surface area (Å²) in [5.74, 6) is 1.10. The molecular weight excluding hydrogens is 448 g/mol. The van der Waals surface area contributed by atoms with Gasteiger partial charge in [-0.2, -0.15) is 10.1 Å². The summed E-state index contributed by atoms with van der Waals surface area (Å²) in [7, 11) is 3.03. The van der Waals surface area contributed by atoms with Crippen molar-refractivity contribution in [3.63, 3.8) is 0 Å². The summed E-state index contributed by atoms with van der Waals surface area (Å²) in [4.78, 5) is 29.6. The highest BCUT2D eigenvalue weighted by Crippen LogP contribution is 2.16. The lowest BCUT2D eigenvalue weighted by Crippen LogP contribution is -2.37. The van der Waals surface area contributed by atoms with Crippen LogP contribution in [0.3, 0.4) is 0 Å². The van der Waals surface area contributed by atoms with Crippen LogP contribution in [-0.4, -0.2) is 38.1 Å². The molecule has 0 aliphatic carbocycles. The molecule has 182 valence electrons. The van der Waals surface area contributed by atoms with Crippen molar-refractivity contribution < 1.29 is 9.47 Å². The van der Waals surface area contributed by atoms with E-state index in [9.17, 15) is 9.59 Å². The van der Waals surface area contributed by atoms with Crippen LogP contribution in [0.15, 0.2) is 69.3 Å². The number of ether oxygens (including phenoxy) is 2. The van der Waals surface area contributed by atoms with Crippen molar-refractivity contribution in [2.75, 3.05) is 18.6 Å². The van der Waals surface area contributed by atoms with Crippen molar-refractivity contribution >= 4 is 23.3 Å². The number of rotatable bonds is 10. The van der Waals surface area contributed by atoms with Gasteiger partial charge in [-0.1, -0.05) is 30.3 Å². The van der Waals surface area contributed by atoms with Crippen molar-refractivity contribution in [2.45, 2.75) is 20.1 Å². The van der Waals surface area contributed by atoms with Crippen molar-refractivity contribution in [1.82, 2.24) is 18.7 Å². The van der Waals surface area contributed by atoms with Gasteiger partial charge in [0.15, 0.2) is 11.2 Å². The zero-order chi connectivity index (χ0) is 24.8. The van der Waals surface area contributed by atoms with Crippen molar-refractivity contribution in [3.8, 4) is 5.75 Å². The number of nitrogens with zero attached hydrogens (tertiary/aromatic N) is 5. The third-order valence-electron chi connectivity index (χ3n) is 5.52. The summed E-state index contributed by atoms with van der Waals surface area (Å²) in [6, 6.07) is 17.5. The van der Waals surface area contributed by atoms with E-state index < -0.39 is 11.2 Å². The van der Waals surface area contributed by atoms with Gasteiger partial charge in [0.05, 0.1) is 12.8 Å². The first-order valence-corrected chi connectivity index (χ1v) is 11.3. The van der Waals surface area contributed by atoms with Gasteiger partial charge in [0.1, 0.15) is 12.4 Å². The van der Waals surface area contributed by atoms with E-state index in [0.717, 1.165) is 21.4 Å². The fraction of sp³-hybridized carbons (Fsp3) is 0.280. The third-order valence-corrected chi connectivity index (χ3v) is 5.52. The van der Waals surface area contributed by atoms with E-state index in [-0.39, 0.29) is 5.65 Å². The zero-order valence-electron chi connectivity index (χ0n) is 20.0. The molecule has 4 aromatic rings. The smallest absolute Gasteiger partial charge is 0.332 e. The molecule has 0 amide bonds. The Morgan fingerprint density at radius 1 is 1.03 bits per heavy atom. The first-order chi connectivity index (χ1) is 17.0. The maximum Gasteiger partial charge on any atom is 0.332 e. The van der Waals surface area contributed by atoms with Gasteiger partial charge in [0.2, 0.25) is 5.95 Å². The van der Waals surface area contributed by atoms with Crippen molar-refractivity contribution in [3.05, 3.63) is 86.6 Å². The van der Waals surface area contributed by atoms with Gasteiger partial charge in [-0.15, -0.1) is 0 Å². The molecule has 35 heavy (non-hydrogen) atoms. The van der Waals surface area contributed by atoms with E-state index in [1.807, 2.05) is 61.5 Å². The number of nitrogens with one attached hydrogen (secondary N) is 1. The Labute approximate surface area is 202 Å². The first-order valence-electron chi connectivity index (χ1n) is 11.3. The van der Waals surface area contributed by atoms with E-state index in [4.69, 9.17) is 9.47 Å². The van der Waals surface area contributed by atoms with Crippen LogP contribution in [0.2, 0.25) is 0 Å². The van der Waals surface area contributed by atoms with E-state index in [1.54, 1.807) is 17.8 Å². The number of aryl methyl sites for hydroxylation is 1. The van der Waals surface area contributed by atoms with Crippen LogP contribution >= 0.6 is 0 Å². The monoisotopic (exact) mass is 476 g/mol. The zero-order valence-corrected chi connectivity index (χ0v) is 20.0. The molecule has 0 atom stereocenters. The van der Waals surface area contributed by atoms with E-state index in [1.165, 1.54) is 11.6 Å². The lowest BCUT2D eigenvalue weighted by atomic mass is 10.2. The Morgan fingerprint density at radius 3 is 2.49 bits per heavy atom. The average Bonchev–Trinajstić information content (AvgIpc) is 3.25. The number of hydrogen-bond acceptors (Lipinski definition) is 7. The normalized spacial score (nSPS) is 11.4. The Hall–Kier alpha value is -4.18. The highest BCUT2D eigenvalue weighted by molar-refractivity contribution is 5.80.